The highest BCUT2D eigenvalue weighted by Gasteiger charge is 2.07. The molecular weight excluding hydrogens is 206 g/mol. The Labute approximate surface area is 100 Å². The number of rotatable bonds is 2. The first-order valence-corrected chi connectivity index (χ1v) is 5.67. The maximum absolute atomic E-state index is 4.20. The zero-order valence-corrected chi connectivity index (χ0v) is 9.48. The second-order valence-electron chi connectivity index (χ2n) is 4.09. The summed E-state index contributed by atoms with van der Waals surface area (Å²) in [7, 11) is 0. The largest absolute Gasteiger partial charge is 0.361 e. The normalized spacial score (nSPS) is 10.6. The minimum absolute atomic E-state index is 1.06. The fourth-order valence-electron chi connectivity index (χ4n) is 2.12. The van der Waals surface area contributed by atoms with Crippen molar-refractivity contribution in [2.24, 2.45) is 0 Å². The van der Waals surface area contributed by atoms with Crippen LogP contribution in [-0.2, 0) is 0 Å². The van der Waals surface area contributed by atoms with Gasteiger partial charge in [-0.05, 0) is 17.2 Å². The van der Waals surface area contributed by atoms with E-state index in [4.69, 9.17) is 0 Å². The molecule has 1 heteroatoms. The Morgan fingerprint density at radius 1 is 0.882 bits per heavy atom. The van der Waals surface area contributed by atoms with Crippen LogP contribution in [0, 0.1) is 0 Å². The molecule has 2 aromatic carbocycles. The third kappa shape index (κ3) is 1.66. The Morgan fingerprint density at radius 3 is 2.41 bits per heavy atom. The molecule has 3 aromatic rings. The lowest BCUT2D eigenvalue weighted by molar-refractivity contribution is 1.46. The van der Waals surface area contributed by atoms with E-state index in [1.165, 1.54) is 10.9 Å². The number of nitrogens with one attached hydrogen (secondary N) is 1. The van der Waals surface area contributed by atoms with Crippen molar-refractivity contribution < 1.29 is 0 Å². The van der Waals surface area contributed by atoms with Crippen molar-refractivity contribution in [3.05, 3.63) is 78.5 Å². The molecule has 0 radical (unpaired) electrons. The molecule has 3 rings (SSSR count). The van der Waals surface area contributed by atoms with Crippen LogP contribution in [0.25, 0.3) is 16.5 Å². The molecule has 0 aliphatic heterocycles. The van der Waals surface area contributed by atoms with Gasteiger partial charge in [0.15, 0.2) is 0 Å². The highest BCUT2D eigenvalue weighted by Crippen LogP contribution is 2.28. The molecule has 1 N–H and O–H groups in total. The van der Waals surface area contributed by atoms with Crippen LogP contribution in [-0.4, -0.2) is 4.98 Å². The van der Waals surface area contributed by atoms with Gasteiger partial charge >= 0.3 is 0 Å². The van der Waals surface area contributed by atoms with E-state index in [1.807, 2.05) is 30.5 Å². The third-order valence-corrected chi connectivity index (χ3v) is 3.04. The summed E-state index contributed by atoms with van der Waals surface area (Å²) in [5.74, 6) is 0. The number of para-hydroxylation sites is 1. The van der Waals surface area contributed by atoms with Crippen LogP contribution in [0.2, 0.25) is 0 Å². The van der Waals surface area contributed by atoms with Gasteiger partial charge in [0, 0.05) is 22.7 Å². The van der Waals surface area contributed by atoms with Crippen molar-refractivity contribution in [3.8, 4) is 0 Å². The number of H-pyrrole nitrogens is 1. The second-order valence-corrected chi connectivity index (χ2v) is 4.09. The second kappa shape index (κ2) is 3.95. The van der Waals surface area contributed by atoms with Crippen LogP contribution in [0.15, 0.2) is 67.4 Å². The minimum atomic E-state index is 1.06. The van der Waals surface area contributed by atoms with Crippen LogP contribution >= 0.6 is 0 Å². The van der Waals surface area contributed by atoms with Gasteiger partial charge in [-0.25, -0.2) is 0 Å². The average Bonchev–Trinajstić information content (AvgIpc) is 2.83. The Bertz CT molecular complexity index is 662. The van der Waals surface area contributed by atoms with E-state index in [-0.39, 0.29) is 0 Å². The maximum Gasteiger partial charge on any atom is 0.0460 e. The number of aromatic amines is 1. The molecule has 0 amide bonds. The molecule has 0 saturated carbocycles. The fourth-order valence-corrected chi connectivity index (χ4v) is 2.12. The summed E-state index contributed by atoms with van der Waals surface area (Å²) < 4.78 is 0. The molecule has 0 aliphatic carbocycles. The summed E-state index contributed by atoms with van der Waals surface area (Å²) in [6.45, 7) is 4.20. The summed E-state index contributed by atoms with van der Waals surface area (Å²) in [5, 5.41) is 1.22. The summed E-state index contributed by atoms with van der Waals surface area (Å²) in [6, 6.07) is 18.6. The van der Waals surface area contributed by atoms with E-state index in [0.717, 1.165) is 16.7 Å². The molecule has 0 saturated heterocycles. The monoisotopic (exact) mass is 219 g/mol. The Balaban J connectivity index is 2.14. The smallest absolute Gasteiger partial charge is 0.0460 e. The number of fused-ring (bicyclic) bond motifs is 1. The van der Waals surface area contributed by atoms with Gasteiger partial charge in [-0.2, -0.15) is 0 Å². The van der Waals surface area contributed by atoms with Gasteiger partial charge in [-0.1, -0.05) is 55.1 Å². The molecule has 0 aliphatic rings. The van der Waals surface area contributed by atoms with Crippen molar-refractivity contribution >= 4 is 16.5 Å². The van der Waals surface area contributed by atoms with E-state index >= 15 is 0 Å². The molecule has 0 unspecified atom stereocenters. The standard InChI is InChI=1S/C16H13N/c1-12(13-7-3-2-4-8-13)15-11-17-16-10-6-5-9-14(15)16/h2-11,17H,1H2. The predicted molar refractivity (Wildman–Crippen MR) is 72.9 cm³/mol. The van der Waals surface area contributed by atoms with E-state index in [1.54, 1.807) is 0 Å². The molecule has 1 nitrogen and oxygen atoms in total. The Morgan fingerprint density at radius 2 is 1.59 bits per heavy atom. The van der Waals surface area contributed by atoms with Gasteiger partial charge < -0.3 is 4.98 Å². The first-order valence-electron chi connectivity index (χ1n) is 5.67. The lowest BCUT2D eigenvalue weighted by atomic mass is 9.99. The molecular formula is C16H13N. The van der Waals surface area contributed by atoms with Crippen molar-refractivity contribution in [1.82, 2.24) is 4.98 Å². The lowest BCUT2D eigenvalue weighted by Crippen LogP contribution is -1.83. The van der Waals surface area contributed by atoms with Crippen molar-refractivity contribution in [2.45, 2.75) is 0 Å². The Kier molecular flexibility index (Phi) is 2.30. The molecule has 1 heterocycles. The van der Waals surface area contributed by atoms with E-state index in [0.29, 0.717) is 0 Å². The zero-order valence-electron chi connectivity index (χ0n) is 9.48. The quantitative estimate of drug-likeness (QED) is 0.664. The van der Waals surface area contributed by atoms with E-state index in [9.17, 15) is 0 Å². The van der Waals surface area contributed by atoms with Gasteiger partial charge in [0.1, 0.15) is 0 Å². The van der Waals surface area contributed by atoms with Crippen LogP contribution < -0.4 is 0 Å². The highest BCUT2D eigenvalue weighted by atomic mass is 14.7. The molecule has 82 valence electrons. The van der Waals surface area contributed by atoms with Crippen LogP contribution in [0.1, 0.15) is 11.1 Å². The molecule has 0 atom stereocenters. The minimum Gasteiger partial charge on any atom is -0.361 e. The highest BCUT2D eigenvalue weighted by molar-refractivity contribution is 5.96. The summed E-state index contributed by atoms with van der Waals surface area (Å²) in [4.78, 5) is 3.28. The van der Waals surface area contributed by atoms with Gasteiger partial charge in [0.2, 0.25) is 0 Å². The van der Waals surface area contributed by atoms with E-state index < -0.39 is 0 Å². The molecule has 17 heavy (non-hydrogen) atoms. The van der Waals surface area contributed by atoms with Gasteiger partial charge in [-0.3, -0.25) is 0 Å². The van der Waals surface area contributed by atoms with Gasteiger partial charge in [0.05, 0.1) is 0 Å². The average molecular weight is 219 g/mol. The van der Waals surface area contributed by atoms with Crippen molar-refractivity contribution in [3.63, 3.8) is 0 Å². The topological polar surface area (TPSA) is 15.8 Å². The number of aromatic nitrogens is 1. The number of benzene rings is 2. The number of hydrogen-bond donors (Lipinski definition) is 1. The van der Waals surface area contributed by atoms with Crippen LogP contribution in [0.4, 0.5) is 0 Å². The summed E-state index contributed by atoms with van der Waals surface area (Å²) in [6.07, 6.45) is 2.03. The SMILES string of the molecule is C=C(c1ccccc1)c1c[nH]c2ccccc12. The summed E-state index contributed by atoms with van der Waals surface area (Å²) in [5.41, 5.74) is 4.55. The van der Waals surface area contributed by atoms with Crippen molar-refractivity contribution in [2.75, 3.05) is 0 Å². The molecule has 0 spiro atoms. The molecule has 0 bridgehead atoms. The van der Waals surface area contributed by atoms with E-state index in [2.05, 4.69) is 41.9 Å². The van der Waals surface area contributed by atoms with Gasteiger partial charge in [-0.15, -0.1) is 0 Å². The van der Waals surface area contributed by atoms with Crippen molar-refractivity contribution in [1.29, 1.82) is 0 Å². The zero-order chi connectivity index (χ0) is 11.7. The molecule has 0 fully saturated rings. The fraction of sp³-hybridized carbons (Fsp3) is 0. The number of hydrogen-bond acceptors (Lipinski definition) is 0. The van der Waals surface area contributed by atoms with Crippen LogP contribution in [0.5, 0.6) is 0 Å². The molecule has 1 aromatic heterocycles. The van der Waals surface area contributed by atoms with Crippen LogP contribution in [0.3, 0.4) is 0 Å². The predicted octanol–water partition coefficient (Wildman–Crippen LogP) is 4.23. The first-order chi connectivity index (χ1) is 8.36. The first kappa shape index (κ1) is 9.91. The maximum atomic E-state index is 4.20. The van der Waals surface area contributed by atoms with Gasteiger partial charge in [0.25, 0.3) is 0 Å². The third-order valence-electron chi connectivity index (χ3n) is 3.04. The summed E-state index contributed by atoms with van der Waals surface area (Å²) >= 11 is 0. The lowest BCUT2D eigenvalue weighted by Gasteiger charge is -2.04. The Hall–Kier alpha value is -2.28.